The third-order valence-electron chi connectivity index (χ3n) is 7.08. The summed E-state index contributed by atoms with van der Waals surface area (Å²) in [5.41, 5.74) is 8.51. The van der Waals surface area contributed by atoms with Crippen molar-refractivity contribution < 1.29 is 13.9 Å². The molecule has 1 atom stereocenters. The van der Waals surface area contributed by atoms with Crippen molar-refractivity contribution in [3.8, 4) is 28.8 Å². The molecule has 6 rings (SSSR count). The van der Waals surface area contributed by atoms with E-state index in [2.05, 4.69) is 16.0 Å². The van der Waals surface area contributed by atoms with Gasteiger partial charge in [0.2, 0.25) is 0 Å². The van der Waals surface area contributed by atoms with E-state index in [1.165, 1.54) is 18.5 Å². The number of fused-ring (bicyclic) bond motifs is 1. The first-order valence-corrected chi connectivity index (χ1v) is 12.9. The van der Waals surface area contributed by atoms with Crippen LogP contribution in [0.15, 0.2) is 66.5 Å². The number of allylic oxidation sites excluding steroid dienone is 1. The molecule has 2 aromatic carbocycles. The largest absolute Gasteiger partial charge is 0.457 e. The Morgan fingerprint density at radius 1 is 1.13 bits per heavy atom. The maximum absolute atomic E-state index is 13.5. The molecule has 1 aliphatic heterocycles. The van der Waals surface area contributed by atoms with Crippen LogP contribution in [0.2, 0.25) is 0 Å². The van der Waals surface area contributed by atoms with Crippen LogP contribution in [-0.4, -0.2) is 43.6 Å². The lowest BCUT2D eigenvalue weighted by atomic mass is 10.0. The molecular weight excluding hydrogens is 497 g/mol. The van der Waals surface area contributed by atoms with E-state index in [1.54, 1.807) is 29.2 Å². The fraction of sp³-hybridized carbons (Fsp3) is 0.276. The van der Waals surface area contributed by atoms with Gasteiger partial charge in [-0.25, -0.2) is 19.0 Å². The maximum atomic E-state index is 13.5. The molecular formula is C29H26FN7O2. The number of carbonyl (C=O) groups excluding carboxylic acids is 1. The van der Waals surface area contributed by atoms with Gasteiger partial charge in [-0.15, -0.1) is 0 Å². The zero-order valence-corrected chi connectivity index (χ0v) is 21.1. The van der Waals surface area contributed by atoms with Crippen molar-refractivity contribution in [3.63, 3.8) is 0 Å². The van der Waals surface area contributed by atoms with Crippen LogP contribution in [0.25, 0.3) is 22.3 Å². The minimum atomic E-state index is -0.373. The number of carbonyl (C=O) groups is 1. The molecule has 10 heteroatoms. The summed E-state index contributed by atoms with van der Waals surface area (Å²) < 4.78 is 21.1. The van der Waals surface area contributed by atoms with Gasteiger partial charge < -0.3 is 15.4 Å². The van der Waals surface area contributed by atoms with E-state index in [4.69, 9.17) is 15.6 Å². The smallest absolute Gasteiger partial charge is 0.264 e. The quantitative estimate of drug-likeness (QED) is 0.278. The van der Waals surface area contributed by atoms with Crippen LogP contribution >= 0.6 is 0 Å². The molecule has 0 unspecified atom stereocenters. The highest BCUT2D eigenvalue weighted by Gasteiger charge is 2.31. The van der Waals surface area contributed by atoms with E-state index in [-0.39, 0.29) is 23.3 Å². The van der Waals surface area contributed by atoms with Crippen LogP contribution in [-0.2, 0) is 4.79 Å². The van der Waals surface area contributed by atoms with Gasteiger partial charge in [0.1, 0.15) is 46.8 Å². The van der Waals surface area contributed by atoms with E-state index >= 15 is 0 Å². The van der Waals surface area contributed by atoms with Crippen LogP contribution < -0.4 is 10.5 Å². The first-order chi connectivity index (χ1) is 19.0. The highest BCUT2D eigenvalue weighted by Crippen LogP contribution is 2.35. The van der Waals surface area contributed by atoms with Crippen molar-refractivity contribution in [1.29, 1.82) is 5.26 Å². The second kappa shape index (κ2) is 10.2. The number of nitriles is 1. The maximum Gasteiger partial charge on any atom is 0.264 e. The van der Waals surface area contributed by atoms with Crippen LogP contribution in [0.1, 0.15) is 31.7 Å². The van der Waals surface area contributed by atoms with Crippen LogP contribution in [0.5, 0.6) is 11.5 Å². The second-order valence-corrected chi connectivity index (χ2v) is 9.91. The molecule has 1 saturated carbocycles. The van der Waals surface area contributed by atoms with Crippen LogP contribution in [0, 0.1) is 23.1 Å². The molecule has 4 aromatic rings. The summed E-state index contributed by atoms with van der Waals surface area (Å²) in [6, 6.07) is 15.2. The minimum Gasteiger partial charge on any atom is -0.457 e. The fourth-order valence-corrected chi connectivity index (χ4v) is 4.96. The Bertz CT molecular complexity index is 1620. The van der Waals surface area contributed by atoms with Gasteiger partial charge in [0, 0.05) is 24.7 Å². The Labute approximate surface area is 224 Å². The molecule has 9 nitrogen and oxygen atoms in total. The SMILES string of the molecule is N#C/C(=C\C1CC1)C(=O)N1CCC[C@H](n2nc(-c3ccc(Oc4cccc(F)c4)cc3)c3c(N)ncnc32)C1. The average molecular weight is 524 g/mol. The number of rotatable bonds is 6. The number of halogens is 1. The molecule has 1 amide bonds. The molecule has 1 saturated heterocycles. The Morgan fingerprint density at radius 2 is 1.95 bits per heavy atom. The number of hydrogen-bond acceptors (Lipinski definition) is 7. The molecule has 0 radical (unpaired) electrons. The average Bonchev–Trinajstić information content (AvgIpc) is 3.69. The number of anilines is 1. The summed E-state index contributed by atoms with van der Waals surface area (Å²) in [5, 5.41) is 15.1. The number of nitrogens with two attached hydrogens (primary N) is 1. The lowest BCUT2D eigenvalue weighted by Gasteiger charge is -2.32. The first-order valence-electron chi connectivity index (χ1n) is 12.9. The zero-order chi connectivity index (χ0) is 26.9. The highest BCUT2D eigenvalue weighted by atomic mass is 19.1. The topological polar surface area (TPSA) is 123 Å². The number of likely N-dealkylation sites (tertiary alicyclic amines) is 1. The lowest BCUT2D eigenvalue weighted by Crippen LogP contribution is -2.41. The number of piperidine rings is 1. The molecule has 2 aromatic heterocycles. The number of nitrogen functional groups attached to an aromatic ring is 1. The fourth-order valence-electron chi connectivity index (χ4n) is 4.96. The van der Waals surface area contributed by atoms with Crippen LogP contribution in [0.3, 0.4) is 0 Å². The molecule has 2 N–H and O–H groups in total. The number of ether oxygens (including phenoxy) is 1. The molecule has 3 heterocycles. The summed E-state index contributed by atoms with van der Waals surface area (Å²) in [5.74, 6) is 0.997. The molecule has 1 aliphatic carbocycles. The second-order valence-electron chi connectivity index (χ2n) is 9.91. The monoisotopic (exact) mass is 523 g/mol. The number of amides is 1. The molecule has 0 bridgehead atoms. The van der Waals surface area contributed by atoms with Crippen LogP contribution in [0.4, 0.5) is 10.2 Å². The van der Waals surface area contributed by atoms with E-state index < -0.39 is 0 Å². The van der Waals surface area contributed by atoms with Crippen molar-refractivity contribution in [2.24, 2.45) is 5.92 Å². The number of benzene rings is 2. The van der Waals surface area contributed by atoms with E-state index in [1.807, 2.05) is 22.9 Å². The summed E-state index contributed by atoms with van der Waals surface area (Å²) in [6.07, 6.45) is 6.86. The third kappa shape index (κ3) is 5.03. The number of nitrogens with zero attached hydrogens (tertiary/aromatic N) is 6. The van der Waals surface area contributed by atoms with Crippen molar-refractivity contribution in [2.45, 2.75) is 31.7 Å². The summed E-state index contributed by atoms with van der Waals surface area (Å²) in [4.78, 5) is 23.5. The Balaban J connectivity index is 1.29. The predicted molar refractivity (Wildman–Crippen MR) is 143 cm³/mol. The van der Waals surface area contributed by atoms with Gasteiger partial charge >= 0.3 is 0 Å². The first kappa shape index (κ1) is 24.6. The van der Waals surface area contributed by atoms with Gasteiger partial charge in [0.15, 0.2) is 5.65 Å². The van der Waals surface area contributed by atoms with E-state index in [0.29, 0.717) is 53.1 Å². The summed E-state index contributed by atoms with van der Waals surface area (Å²) in [7, 11) is 0. The number of aromatic nitrogens is 4. The molecule has 0 spiro atoms. The van der Waals surface area contributed by atoms with Gasteiger partial charge in [-0.2, -0.15) is 10.4 Å². The third-order valence-corrected chi connectivity index (χ3v) is 7.08. The highest BCUT2D eigenvalue weighted by molar-refractivity contribution is 5.99. The number of hydrogen-bond donors (Lipinski definition) is 1. The predicted octanol–water partition coefficient (Wildman–Crippen LogP) is 5.03. The van der Waals surface area contributed by atoms with E-state index in [9.17, 15) is 14.4 Å². The van der Waals surface area contributed by atoms with Gasteiger partial charge in [0.05, 0.1) is 11.4 Å². The molecule has 196 valence electrons. The molecule has 2 fully saturated rings. The minimum absolute atomic E-state index is 0.135. The van der Waals surface area contributed by atoms with Gasteiger partial charge in [0.25, 0.3) is 5.91 Å². The Kier molecular flexibility index (Phi) is 6.40. The standard InChI is InChI=1S/C29H26FN7O2/c30-21-3-1-5-24(14-21)39-23-10-8-19(9-11-23)26-25-27(32)33-17-34-28(25)37(35-26)22-4-2-12-36(16-22)29(38)20(15-31)13-18-6-7-18/h1,3,5,8-11,13-14,17-18,22H,2,4,6-7,12,16H2,(H2,32,33,34)/b20-13+/t22-/m0/s1. The summed E-state index contributed by atoms with van der Waals surface area (Å²) in [6.45, 7) is 1.01. The van der Waals surface area contributed by atoms with Crippen molar-refractivity contribution >= 4 is 22.8 Å². The summed E-state index contributed by atoms with van der Waals surface area (Å²) >= 11 is 0. The van der Waals surface area contributed by atoms with Crippen molar-refractivity contribution in [1.82, 2.24) is 24.6 Å². The van der Waals surface area contributed by atoms with Gasteiger partial charge in [-0.05, 0) is 68.0 Å². The van der Waals surface area contributed by atoms with Gasteiger partial charge in [-0.1, -0.05) is 12.1 Å². The Morgan fingerprint density at radius 3 is 2.69 bits per heavy atom. The lowest BCUT2D eigenvalue weighted by molar-refractivity contribution is -0.128. The van der Waals surface area contributed by atoms with E-state index in [0.717, 1.165) is 31.2 Å². The Hall–Kier alpha value is -4.78. The molecule has 39 heavy (non-hydrogen) atoms. The van der Waals surface area contributed by atoms with Crippen molar-refractivity contribution in [3.05, 3.63) is 72.3 Å². The van der Waals surface area contributed by atoms with Crippen molar-refractivity contribution in [2.75, 3.05) is 18.8 Å². The van der Waals surface area contributed by atoms with Gasteiger partial charge in [-0.3, -0.25) is 4.79 Å². The normalized spacial score (nSPS) is 17.7. The molecule has 2 aliphatic rings. The zero-order valence-electron chi connectivity index (χ0n) is 21.1.